The molecule has 0 aromatic carbocycles. The molecule has 0 spiro atoms. The van der Waals surface area contributed by atoms with E-state index in [0.717, 1.165) is 12.8 Å². The first-order chi connectivity index (χ1) is 13.8. The molecule has 1 aromatic rings. The number of hydrogen-bond donors (Lipinski definition) is 1. The summed E-state index contributed by atoms with van der Waals surface area (Å²) in [6, 6.07) is 1.30. The number of hydrogen-bond acceptors (Lipinski definition) is 4. The van der Waals surface area contributed by atoms with Crippen molar-refractivity contribution in [2.24, 2.45) is 0 Å². The Morgan fingerprint density at radius 1 is 0.786 bits per heavy atom. The summed E-state index contributed by atoms with van der Waals surface area (Å²) in [5, 5.41) is 8.94. The van der Waals surface area contributed by atoms with E-state index < -0.39 is 0 Å². The van der Waals surface area contributed by atoms with Gasteiger partial charge >= 0.3 is 0 Å². The third-order valence-electron chi connectivity index (χ3n) is 5.30. The van der Waals surface area contributed by atoms with Gasteiger partial charge in [0.05, 0.1) is 24.8 Å². The Bertz CT molecular complexity index is 524. The van der Waals surface area contributed by atoms with Crippen LogP contribution in [0.3, 0.4) is 0 Å². The van der Waals surface area contributed by atoms with E-state index in [1.54, 1.807) is 0 Å². The van der Waals surface area contributed by atoms with Crippen molar-refractivity contribution in [2.75, 3.05) is 6.61 Å². The lowest BCUT2D eigenvalue weighted by atomic mass is 10.0. The minimum atomic E-state index is -0.304. The largest absolute Gasteiger partial charge is 0.465 e. The van der Waals surface area contributed by atoms with Gasteiger partial charge in [0.15, 0.2) is 5.43 Å². The maximum Gasteiger partial charge on any atom is 0.288 e. The average Bonchev–Trinajstić information content (AvgIpc) is 2.70. The normalized spacial score (nSPS) is 11.1. The minimum absolute atomic E-state index is 0.239. The number of ether oxygens (including phenoxy) is 1. The van der Waals surface area contributed by atoms with E-state index in [4.69, 9.17) is 14.3 Å². The van der Waals surface area contributed by atoms with Crippen LogP contribution in [0.4, 0.5) is 0 Å². The molecule has 0 aliphatic rings. The van der Waals surface area contributed by atoms with Gasteiger partial charge in [-0.1, -0.05) is 103 Å². The van der Waals surface area contributed by atoms with Gasteiger partial charge in [-0.3, -0.25) is 4.79 Å². The van der Waals surface area contributed by atoms with Crippen molar-refractivity contribution in [3.8, 4) is 5.95 Å². The molecule has 4 heteroatoms. The molecular weight excluding hydrogens is 352 g/mol. The molecule has 1 N–H and O–H groups in total. The average molecular weight is 395 g/mol. The highest BCUT2D eigenvalue weighted by molar-refractivity contribution is 5.13. The van der Waals surface area contributed by atoms with Gasteiger partial charge in [0.1, 0.15) is 6.26 Å². The molecule has 0 saturated carbocycles. The topological polar surface area (TPSA) is 59.7 Å². The summed E-state index contributed by atoms with van der Waals surface area (Å²) < 4.78 is 10.6. The van der Waals surface area contributed by atoms with Crippen molar-refractivity contribution in [3.05, 3.63) is 28.1 Å². The molecule has 0 atom stereocenters. The number of aliphatic hydroxyl groups is 1. The van der Waals surface area contributed by atoms with Crippen molar-refractivity contribution >= 4 is 0 Å². The first-order valence-corrected chi connectivity index (χ1v) is 11.6. The van der Waals surface area contributed by atoms with Crippen LogP contribution in [-0.2, 0) is 6.61 Å². The number of rotatable bonds is 19. The van der Waals surface area contributed by atoms with Crippen molar-refractivity contribution in [1.29, 1.82) is 0 Å². The Kier molecular flexibility index (Phi) is 15.7. The molecule has 1 aromatic heterocycles. The van der Waals surface area contributed by atoms with Crippen LogP contribution in [0.2, 0.25) is 0 Å². The van der Waals surface area contributed by atoms with E-state index in [2.05, 4.69) is 6.92 Å². The molecule has 0 unspecified atom stereocenters. The monoisotopic (exact) mass is 394 g/mol. The van der Waals surface area contributed by atoms with Crippen molar-refractivity contribution in [2.45, 2.75) is 116 Å². The molecule has 0 amide bonds. The SMILES string of the molecule is CCCCCCCCCCCCCCCCCCOc1cc(=O)c(CO)co1. The maximum absolute atomic E-state index is 11.6. The highest BCUT2D eigenvalue weighted by Crippen LogP contribution is 2.14. The van der Waals surface area contributed by atoms with Gasteiger partial charge in [0.2, 0.25) is 0 Å². The second kappa shape index (κ2) is 17.8. The zero-order valence-corrected chi connectivity index (χ0v) is 18.1. The molecule has 1 heterocycles. The lowest BCUT2D eigenvalue weighted by Gasteiger charge is -2.05. The third-order valence-corrected chi connectivity index (χ3v) is 5.30. The third kappa shape index (κ3) is 13.0. The van der Waals surface area contributed by atoms with Crippen LogP contribution < -0.4 is 10.2 Å². The Hall–Kier alpha value is -1.29. The molecule has 0 aliphatic heterocycles. The van der Waals surface area contributed by atoms with E-state index in [9.17, 15) is 4.79 Å². The summed E-state index contributed by atoms with van der Waals surface area (Å²) in [5.41, 5.74) is 0.0190. The maximum atomic E-state index is 11.6. The Morgan fingerprint density at radius 2 is 1.25 bits per heavy atom. The fraction of sp³-hybridized carbons (Fsp3) is 0.792. The van der Waals surface area contributed by atoms with Crippen LogP contribution in [0.25, 0.3) is 0 Å². The van der Waals surface area contributed by atoms with Gasteiger partial charge in [-0.05, 0) is 6.42 Å². The molecule has 0 fully saturated rings. The predicted molar refractivity (Wildman–Crippen MR) is 116 cm³/mol. The lowest BCUT2D eigenvalue weighted by Crippen LogP contribution is -2.08. The molecule has 0 bridgehead atoms. The number of unbranched alkanes of at least 4 members (excludes halogenated alkanes) is 15. The van der Waals surface area contributed by atoms with Crippen LogP contribution in [0.1, 0.15) is 115 Å². The Labute approximate surface area is 171 Å². The van der Waals surface area contributed by atoms with Crippen molar-refractivity contribution in [1.82, 2.24) is 0 Å². The van der Waals surface area contributed by atoms with E-state index in [0.29, 0.717) is 6.61 Å². The van der Waals surface area contributed by atoms with Gasteiger partial charge in [-0.25, -0.2) is 0 Å². The minimum Gasteiger partial charge on any atom is -0.465 e. The summed E-state index contributed by atoms with van der Waals surface area (Å²) >= 11 is 0. The fourth-order valence-electron chi connectivity index (χ4n) is 3.43. The molecule has 1 rings (SSSR count). The molecule has 0 radical (unpaired) electrons. The molecular formula is C24H42O4. The summed E-state index contributed by atoms with van der Waals surface area (Å²) in [4.78, 5) is 11.6. The molecule has 28 heavy (non-hydrogen) atoms. The first kappa shape index (κ1) is 24.7. The molecule has 4 nitrogen and oxygen atoms in total. The second-order valence-electron chi connectivity index (χ2n) is 7.90. The lowest BCUT2D eigenvalue weighted by molar-refractivity contribution is 0.224. The van der Waals surface area contributed by atoms with E-state index in [-0.39, 0.29) is 23.5 Å². The Balaban J connectivity index is 1.81. The van der Waals surface area contributed by atoms with Crippen LogP contribution >= 0.6 is 0 Å². The van der Waals surface area contributed by atoms with Gasteiger partial charge in [0.25, 0.3) is 5.95 Å². The van der Waals surface area contributed by atoms with Crippen molar-refractivity contribution < 1.29 is 14.3 Å². The quantitative estimate of drug-likeness (QED) is 0.263. The van der Waals surface area contributed by atoms with Crippen molar-refractivity contribution in [3.63, 3.8) is 0 Å². The number of aliphatic hydroxyl groups excluding tert-OH is 1. The zero-order valence-electron chi connectivity index (χ0n) is 18.1. The van der Waals surface area contributed by atoms with Gasteiger partial charge < -0.3 is 14.3 Å². The predicted octanol–water partition coefficient (Wildman–Crippen LogP) is 6.77. The Morgan fingerprint density at radius 3 is 1.68 bits per heavy atom. The van der Waals surface area contributed by atoms with Gasteiger partial charge in [-0.2, -0.15) is 0 Å². The van der Waals surface area contributed by atoms with Crippen LogP contribution in [0, 0.1) is 0 Å². The highest BCUT2D eigenvalue weighted by Gasteiger charge is 2.03. The summed E-state index contributed by atoms with van der Waals surface area (Å²) in [6.45, 7) is 2.54. The van der Waals surface area contributed by atoms with E-state index in [1.165, 1.54) is 102 Å². The molecule has 0 aliphatic carbocycles. The van der Waals surface area contributed by atoms with Crippen LogP contribution in [0.5, 0.6) is 5.95 Å². The van der Waals surface area contributed by atoms with Crippen LogP contribution in [0.15, 0.2) is 21.5 Å². The van der Waals surface area contributed by atoms with E-state index >= 15 is 0 Å². The summed E-state index contributed by atoms with van der Waals surface area (Å²) in [7, 11) is 0. The summed E-state index contributed by atoms with van der Waals surface area (Å²) in [5.74, 6) is 0.239. The fourth-order valence-corrected chi connectivity index (χ4v) is 3.43. The zero-order chi connectivity index (χ0) is 20.3. The summed E-state index contributed by atoms with van der Waals surface area (Å²) in [6.07, 6.45) is 22.8. The first-order valence-electron chi connectivity index (χ1n) is 11.6. The van der Waals surface area contributed by atoms with Crippen LogP contribution in [-0.4, -0.2) is 11.7 Å². The standard InChI is InChI=1S/C24H42O4/c1-2-3-4-5-6-7-8-9-10-11-12-13-14-15-16-17-18-27-24-19-23(26)22(20-25)21-28-24/h19,21,25H,2-18,20H2,1H3. The molecule has 0 saturated heterocycles. The second-order valence-corrected chi connectivity index (χ2v) is 7.90. The van der Waals surface area contributed by atoms with Gasteiger partial charge in [0, 0.05) is 0 Å². The highest BCUT2D eigenvalue weighted by atomic mass is 16.6. The smallest absolute Gasteiger partial charge is 0.288 e. The van der Waals surface area contributed by atoms with E-state index in [1.807, 2.05) is 0 Å². The molecule has 162 valence electrons. The van der Waals surface area contributed by atoms with Gasteiger partial charge in [-0.15, -0.1) is 0 Å².